The first kappa shape index (κ1) is 18.8. The summed E-state index contributed by atoms with van der Waals surface area (Å²) < 4.78 is 37.4. The molecule has 0 aliphatic heterocycles. The molecular formula is C17H20N2O5S. The molecule has 0 atom stereocenters. The number of carbonyl (C=O) groups excluding carboxylic acids is 1. The number of hydrogen-bond acceptors (Lipinski definition) is 5. The van der Waals surface area contributed by atoms with E-state index in [4.69, 9.17) is 9.47 Å². The molecule has 0 aliphatic rings. The van der Waals surface area contributed by atoms with Gasteiger partial charge < -0.3 is 14.8 Å². The van der Waals surface area contributed by atoms with Crippen LogP contribution in [0.4, 0.5) is 5.69 Å². The minimum atomic E-state index is -3.64. The predicted octanol–water partition coefficient (Wildman–Crippen LogP) is 2.01. The molecule has 0 aromatic heterocycles. The molecule has 2 N–H and O–H groups in total. The number of amides is 1. The zero-order valence-corrected chi connectivity index (χ0v) is 14.8. The number of carbonyl (C=O) groups is 1. The van der Waals surface area contributed by atoms with Crippen LogP contribution in [0.25, 0.3) is 0 Å². The number of methoxy groups -OCH3 is 1. The molecule has 7 nitrogen and oxygen atoms in total. The van der Waals surface area contributed by atoms with Crippen molar-refractivity contribution in [3.05, 3.63) is 48.5 Å². The molecule has 0 saturated heterocycles. The summed E-state index contributed by atoms with van der Waals surface area (Å²) >= 11 is 0. The lowest BCUT2D eigenvalue weighted by Gasteiger charge is -2.10. The molecule has 0 aliphatic carbocycles. The minimum Gasteiger partial charge on any atom is -0.497 e. The Morgan fingerprint density at radius 2 is 1.76 bits per heavy atom. The van der Waals surface area contributed by atoms with Crippen LogP contribution in [0.15, 0.2) is 53.4 Å². The lowest BCUT2D eigenvalue weighted by atomic mass is 10.3. The molecule has 0 bridgehead atoms. The Morgan fingerprint density at radius 3 is 2.40 bits per heavy atom. The van der Waals surface area contributed by atoms with E-state index in [1.807, 2.05) is 0 Å². The summed E-state index contributed by atoms with van der Waals surface area (Å²) in [7, 11) is -2.08. The van der Waals surface area contributed by atoms with Crippen molar-refractivity contribution in [2.24, 2.45) is 0 Å². The Morgan fingerprint density at radius 1 is 1.08 bits per heavy atom. The number of ether oxygens (including phenoxy) is 2. The highest BCUT2D eigenvalue weighted by Gasteiger charge is 2.13. The fourth-order valence-corrected chi connectivity index (χ4v) is 3.05. The van der Waals surface area contributed by atoms with Crippen LogP contribution in [0.5, 0.6) is 11.5 Å². The summed E-state index contributed by atoms with van der Waals surface area (Å²) in [6.07, 6.45) is 0. The molecule has 8 heteroatoms. The Bertz CT molecular complexity index is 819. The Hall–Kier alpha value is -2.58. The maximum absolute atomic E-state index is 12.2. The second-order valence-electron chi connectivity index (χ2n) is 5.13. The monoisotopic (exact) mass is 364 g/mol. The van der Waals surface area contributed by atoms with Crippen molar-refractivity contribution in [3.63, 3.8) is 0 Å². The number of rotatable bonds is 8. The molecule has 2 rings (SSSR count). The van der Waals surface area contributed by atoms with Gasteiger partial charge in [-0.05, 0) is 36.4 Å². The highest BCUT2D eigenvalue weighted by atomic mass is 32.2. The molecule has 0 fully saturated rings. The van der Waals surface area contributed by atoms with Gasteiger partial charge in [-0.2, -0.15) is 0 Å². The quantitative estimate of drug-likeness (QED) is 0.699. The largest absolute Gasteiger partial charge is 0.497 e. The molecule has 0 saturated carbocycles. The first-order valence-corrected chi connectivity index (χ1v) is 9.03. The van der Waals surface area contributed by atoms with Gasteiger partial charge in [-0.1, -0.05) is 6.07 Å². The molecule has 0 radical (unpaired) electrons. The van der Waals surface area contributed by atoms with Gasteiger partial charge in [0.05, 0.1) is 12.0 Å². The van der Waals surface area contributed by atoms with Crippen LogP contribution in [-0.4, -0.2) is 34.6 Å². The van der Waals surface area contributed by atoms with Crippen LogP contribution >= 0.6 is 0 Å². The summed E-state index contributed by atoms with van der Waals surface area (Å²) in [6, 6.07) is 13.0. The van der Waals surface area contributed by atoms with Crippen LogP contribution in [-0.2, 0) is 14.8 Å². The summed E-state index contributed by atoms with van der Waals surface area (Å²) in [6.45, 7) is 1.68. The van der Waals surface area contributed by atoms with E-state index in [2.05, 4.69) is 10.0 Å². The van der Waals surface area contributed by atoms with Gasteiger partial charge in [0.15, 0.2) is 0 Å². The van der Waals surface area contributed by atoms with Crippen LogP contribution in [0.2, 0.25) is 0 Å². The van der Waals surface area contributed by atoms with E-state index >= 15 is 0 Å². The highest BCUT2D eigenvalue weighted by molar-refractivity contribution is 7.89. The van der Waals surface area contributed by atoms with E-state index in [0.717, 1.165) is 0 Å². The number of nitrogens with one attached hydrogen (secondary N) is 2. The third kappa shape index (κ3) is 5.77. The second kappa shape index (κ2) is 8.50. The molecule has 2 aromatic rings. The lowest BCUT2D eigenvalue weighted by Crippen LogP contribution is -2.28. The van der Waals surface area contributed by atoms with Crippen molar-refractivity contribution in [1.29, 1.82) is 0 Å². The van der Waals surface area contributed by atoms with E-state index in [9.17, 15) is 13.2 Å². The smallest absolute Gasteiger partial charge is 0.240 e. The van der Waals surface area contributed by atoms with Gasteiger partial charge in [-0.3, -0.25) is 4.79 Å². The molecule has 0 heterocycles. The molecule has 2 aromatic carbocycles. The van der Waals surface area contributed by atoms with E-state index in [-0.39, 0.29) is 24.0 Å². The van der Waals surface area contributed by atoms with E-state index < -0.39 is 10.0 Å². The van der Waals surface area contributed by atoms with Gasteiger partial charge in [0, 0.05) is 25.2 Å². The van der Waals surface area contributed by atoms with Gasteiger partial charge in [0.2, 0.25) is 15.9 Å². The van der Waals surface area contributed by atoms with Crippen LogP contribution in [0, 0.1) is 0 Å². The summed E-state index contributed by atoms with van der Waals surface area (Å²) in [5, 5.41) is 2.58. The third-order valence-corrected chi connectivity index (χ3v) is 4.67. The number of benzene rings is 2. The van der Waals surface area contributed by atoms with Crippen LogP contribution in [0.1, 0.15) is 6.92 Å². The fourth-order valence-electron chi connectivity index (χ4n) is 2.04. The molecule has 134 valence electrons. The number of hydrogen-bond donors (Lipinski definition) is 2. The first-order valence-electron chi connectivity index (χ1n) is 7.55. The topological polar surface area (TPSA) is 93.7 Å². The second-order valence-corrected chi connectivity index (χ2v) is 6.90. The fraction of sp³-hybridized carbons (Fsp3) is 0.235. The van der Waals surface area contributed by atoms with Crippen LogP contribution < -0.4 is 19.5 Å². The first-order chi connectivity index (χ1) is 11.9. The van der Waals surface area contributed by atoms with Crippen molar-refractivity contribution < 1.29 is 22.7 Å². The molecule has 1 amide bonds. The van der Waals surface area contributed by atoms with Crippen molar-refractivity contribution in [2.45, 2.75) is 11.8 Å². The van der Waals surface area contributed by atoms with E-state index in [1.54, 1.807) is 31.4 Å². The Balaban J connectivity index is 1.87. The number of sulfonamides is 1. The SMILES string of the molecule is COc1cccc(OCCNS(=O)(=O)c2ccc(NC(C)=O)cc2)c1. The molecular weight excluding hydrogens is 344 g/mol. The summed E-state index contributed by atoms with van der Waals surface area (Å²) in [5.74, 6) is 1.04. The molecule has 0 spiro atoms. The lowest BCUT2D eigenvalue weighted by molar-refractivity contribution is -0.114. The zero-order chi connectivity index (χ0) is 18.3. The van der Waals surface area contributed by atoms with E-state index in [0.29, 0.717) is 17.2 Å². The Labute approximate surface area is 147 Å². The average molecular weight is 364 g/mol. The van der Waals surface area contributed by atoms with Crippen molar-refractivity contribution >= 4 is 21.6 Å². The third-order valence-electron chi connectivity index (χ3n) is 3.19. The molecule has 25 heavy (non-hydrogen) atoms. The van der Waals surface area contributed by atoms with Crippen LogP contribution in [0.3, 0.4) is 0 Å². The zero-order valence-electron chi connectivity index (χ0n) is 14.0. The normalized spacial score (nSPS) is 11.0. The summed E-state index contributed by atoms with van der Waals surface area (Å²) in [4.78, 5) is 11.1. The summed E-state index contributed by atoms with van der Waals surface area (Å²) in [5.41, 5.74) is 0.535. The highest BCUT2D eigenvalue weighted by Crippen LogP contribution is 2.18. The van der Waals surface area contributed by atoms with E-state index in [1.165, 1.54) is 31.2 Å². The maximum atomic E-state index is 12.2. The standard InChI is InChI=1S/C17H20N2O5S/c1-13(20)19-14-6-8-17(9-7-14)25(21,22)18-10-11-24-16-5-3-4-15(12-16)23-2/h3-9,12,18H,10-11H2,1-2H3,(H,19,20). The maximum Gasteiger partial charge on any atom is 0.240 e. The van der Waals surface area contributed by atoms with Crippen molar-refractivity contribution in [1.82, 2.24) is 4.72 Å². The average Bonchev–Trinajstić information content (AvgIpc) is 2.59. The van der Waals surface area contributed by atoms with Gasteiger partial charge in [0.1, 0.15) is 18.1 Å². The Kier molecular flexibility index (Phi) is 6.37. The molecule has 0 unspecified atom stereocenters. The van der Waals surface area contributed by atoms with Crippen molar-refractivity contribution in [2.75, 3.05) is 25.6 Å². The van der Waals surface area contributed by atoms with Crippen molar-refractivity contribution in [3.8, 4) is 11.5 Å². The predicted molar refractivity (Wildman–Crippen MR) is 94.4 cm³/mol. The van der Waals surface area contributed by atoms with Gasteiger partial charge in [-0.15, -0.1) is 0 Å². The number of anilines is 1. The van der Waals surface area contributed by atoms with Gasteiger partial charge in [0.25, 0.3) is 0 Å². The minimum absolute atomic E-state index is 0.114. The van der Waals surface area contributed by atoms with Gasteiger partial charge >= 0.3 is 0 Å². The van der Waals surface area contributed by atoms with Gasteiger partial charge in [-0.25, -0.2) is 13.1 Å².